The monoisotopic (exact) mass is 467 g/mol. The highest BCUT2D eigenvalue weighted by Crippen LogP contribution is 2.25. The van der Waals surface area contributed by atoms with Crippen molar-refractivity contribution in [2.24, 2.45) is 0 Å². The molecule has 3 aromatic carbocycles. The molecular weight excluding hydrogens is 446 g/mol. The molecule has 5 nitrogen and oxygen atoms in total. The van der Waals surface area contributed by atoms with Gasteiger partial charge in [-0.05, 0) is 66.4 Å². The molecule has 3 aromatic rings. The van der Waals surface area contributed by atoms with E-state index in [1.165, 1.54) is 6.08 Å². The molecule has 0 aliphatic carbocycles. The van der Waals surface area contributed by atoms with Crippen LogP contribution in [-0.2, 0) is 17.8 Å². The molecule has 0 aliphatic heterocycles. The van der Waals surface area contributed by atoms with Crippen molar-refractivity contribution < 1.29 is 9.53 Å². The van der Waals surface area contributed by atoms with Gasteiger partial charge in [-0.25, -0.2) is 0 Å². The maximum atomic E-state index is 12.6. The second kappa shape index (κ2) is 11.5. The maximum Gasteiger partial charge on any atom is 0.266 e. The predicted molar refractivity (Wildman–Crippen MR) is 134 cm³/mol. The summed E-state index contributed by atoms with van der Waals surface area (Å²) < 4.78 is 5.98. The van der Waals surface area contributed by atoms with Gasteiger partial charge in [-0.15, -0.1) is 6.58 Å². The lowest BCUT2D eigenvalue weighted by molar-refractivity contribution is -0.112. The molecule has 0 saturated carbocycles. The number of nitrogens with one attached hydrogen (secondary N) is 1. The van der Waals surface area contributed by atoms with Gasteiger partial charge in [0.05, 0.1) is 11.6 Å². The van der Waals surface area contributed by atoms with E-state index >= 15 is 0 Å². The Balaban J connectivity index is 1.81. The number of halogens is 1. The average Bonchev–Trinajstić information content (AvgIpc) is 2.84. The van der Waals surface area contributed by atoms with Crippen LogP contribution in [0.5, 0.6) is 5.75 Å². The number of ether oxygens (including phenoxy) is 1. The van der Waals surface area contributed by atoms with Gasteiger partial charge in [-0.1, -0.05) is 48.0 Å². The van der Waals surface area contributed by atoms with E-state index in [9.17, 15) is 15.3 Å². The minimum atomic E-state index is -0.527. The summed E-state index contributed by atoms with van der Waals surface area (Å²) in [7, 11) is 0. The molecule has 1 N–H and O–H groups in total. The average molecular weight is 468 g/mol. The Kier molecular flexibility index (Phi) is 8.24. The number of nitrogens with zero attached hydrogens (tertiary/aromatic N) is 2. The van der Waals surface area contributed by atoms with Crippen LogP contribution in [0.15, 0.2) is 78.9 Å². The highest BCUT2D eigenvalue weighted by molar-refractivity contribution is 6.31. The van der Waals surface area contributed by atoms with Crippen LogP contribution in [0, 0.1) is 29.6 Å². The number of allylic oxidation sites excluding steroid dienone is 1. The largest absolute Gasteiger partial charge is 0.489 e. The van der Waals surface area contributed by atoms with Gasteiger partial charge in [0.1, 0.15) is 24.0 Å². The number of hydrogen-bond donors (Lipinski definition) is 1. The molecule has 34 heavy (non-hydrogen) atoms. The van der Waals surface area contributed by atoms with Crippen molar-refractivity contribution in [1.82, 2.24) is 0 Å². The lowest BCUT2D eigenvalue weighted by atomic mass is 10.0. The summed E-state index contributed by atoms with van der Waals surface area (Å²) >= 11 is 6.12. The number of anilines is 1. The van der Waals surface area contributed by atoms with Gasteiger partial charge in [0.25, 0.3) is 5.91 Å². The Morgan fingerprint density at radius 1 is 1.12 bits per heavy atom. The first-order chi connectivity index (χ1) is 16.4. The van der Waals surface area contributed by atoms with Gasteiger partial charge in [-0.3, -0.25) is 4.79 Å². The fraction of sp³-hybridized carbons (Fsp3) is 0.107. The number of aryl methyl sites for hydroxylation is 1. The van der Waals surface area contributed by atoms with E-state index in [0.29, 0.717) is 34.0 Å². The summed E-state index contributed by atoms with van der Waals surface area (Å²) in [6, 6.07) is 21.9. The number of hydrogen-bond acceptors (Lipinski definition) is 4. The zero-order valence-corrected chi connectivity index (χ0v) is 19.4. The summed E-state index contributed by atoms with van der Waals surface area (Å²) in [5.41, 5.74) is 4.23. The highest BCUT2D eigenvalue weighted by atomic mass is 35.5. The van der Waals surface area contributed by atoms with Crippen molar-refractivity contribution in [3.63, 3.8) is 0 Å². The summed E-state index contributed by atoms with van der Waals surface area (Å²) in [6.07, 6.45) is 3.80. The van der Waals surface area contributed by atoms with Crippen LogP contribution < -0.4 is 10.1 Å². The van der Waals surface area contributed by atoms with Crippen LogP contribution in [0.25, 0.3) is 6.08 Å². The first kappa shape index (κ1) is 24.3. The Hall–Kier alpha value is -4.32. The van der Waals surface area contributed by atoms with Gasteiger partial charge < -0.3 is 10.1 Å². The molecule has 0 aromatic heterocycles. The second-order valence-corrected chi connectivity index (χ2v) is 7.91. The first-order valence-electron chi connectivity index (χ1n) is 10.5. The number of rotatable bonds is 8. The zero-order chi connectivity index (χ0) is 24.5. The van der Waals surface area contributed by atoms with Crippen molar-refractivity contribution in [1.29, 1.82) is 10.5 Å². The normalized spacial score (nSPS) is 10.6. The smallest absolute Gasteiger partial charge is 0.266 e. The van der Waals surface area contributed by atoms with E-state index in [4.69, 9.17) is 16.3 Å². The first-order valence-corrected chi connectivity index (χ1v) is 10.9. The topological polar surface area (TPSA) is 85.9 Å². The lowest BCUT2D eigenvalue weighted by Crippen LogP contribution is -2.13. The number of carbonyl (C=O) groups is 1. The van der Waals surface area contributed by atoms with E-state index in [-0.39, 0.29) is 12.2 Å². The number of nitriles is 2. The van der Waals surface area contributed by atoms with Gasteiger partial charge in [-0.2, -0.15) is 10.5 Å². The molecule has 6 heteroatoms. The Morgan fingerprint density at radius 2 is 1.91 bits per heavy atom. The number of carbonyl (C=O) groups excluding carboxylic acids is 1. The molecular formula is C28H22ClN3O2. The highest BCUT2D eigenvalue weighted by Gasteiger charge is 2.12. The van der Waals surface area contributed by atoms with Gasteiger partial charge in [0.2, 0.25) is 0 Å². The summed E-state index contributed by atoms with van der Waals surface area (Å²) in [4.78, 5) is 12.6. The standard InChI is InChI=1S/C28H22ClN3O2/c1-3-6-21-13-20(10-12-27(21)34-18-23-8-5-4-7-22(23)16-30)14-24(17-31)28(33)32-25-11-9-19(2)26(29)15-25/h3-5,7-15H,1,6,18H2,2H3,(H,32,33)/b24-14-. The fourth-order valence-electron chi connectivity index (χ4n) is 3.24. The van der Waals surface area contributed by atoms with Crippen LogP contribution in [0.2, 0.25) is 5.02 Å². The van der Waals surface area contributed by atoms with E-state index in [1.807, 2.05) is 37.3 Å². The van der Waals surface area contributed by atoms with Crippen LogP contribution >= 0.6 is 11.6 Å². The Labute approximate surface area is 204 Å². The molecule has 0 atom stereocenters. The van der Waals surface area contributed by atoms with Crippen LogP contribution in [-0.4, -0.2) is 5.91 Å². The Morgan fingerprint density at radius 3 is 2.62 bits per heavy atom. The molecule has 0 saturated heterocycles. The molecule has 0 radical (unpaired) electrons. The van der Waals surface area contributed by atoms with Crippen LogP contribution in [0.4, 0.5) is 5.69 Å². The third kappa shape index (κ3) is 6.13. The van der Waals surface area contributed by atoms with Crippen molar-refractivity contribution in [2.75, 3.05) is 5.32 Å². The molecule has 0 fully saturated rings. The lowest BCUT2D eigenvalue weighted by Gasteiger charge is -2.12. The SMILES string of the molecule is C=CCc1cc(/C=C(/C#N)C(=O)Nc2ccc(C)c(Cl)c2)ccc1OCc1ccccc1C#N. The van der Waals surface area contributed by atoms with E-state index in [2.05, 4.69) is 18.0 Å². The van der Waals surface area contributed by atoms with Gasteiger partial charge >= 0.3 is 0 Å². The van der Waals surface area contributed by atoms with Crippen LogP contribution in [0.1, 0.15) is 27.8 Å². The summed E-state index contributed by atoms with van der Waals surface area (Å²) in [5.74, 6) is 0.114. The second-order valence-electron chi connectivity index (χ2n) is 7.51. The molecule has 168 valence electrons. The molecule has 1 amide bonds. The van der Waals surface area contributed by atoms with Gasteiger partial charge in [0.15, 0.2) is 0 Å². The van der Waals surface area contributed by atoms with Crippen molar-refractivity contribution in [3.8, 4) is 17.9 Å². The van der Waals surface area contributed by atoms with E-state index in [0.717, 1.165) is 16.7 Å². The quantitative estimate of drug-likeness (QED) is 0.237. The van der Waals surface area contributed by atoms with E-state index in [1.54, 1.807) is 42.5 Å². The van der Waals surface area contributed by atoms with Crippen LogP contribution in [0.3, 0.4) is 0 Å². The molecule has 0 aliphatic rings. The van der Waals surface area contributed by atoms with Crippen molar-refractivity contribution in [2.45, 2.75) is 20.0 Å². The fourth-order valence-corrected chi connectivity index (χ4v) is 3.42. The Bertz CT molecular complexity index is 1350. The molecule has 3 rings (SSSR count). The third-order valence-corrected chi connectivity index (χ3v) is 5.48. The third-order valence-electron chi connectivity index (χ3n) is 5.08. The number of amides is 1. The predicted octanol–water partition coefficient (Wildman–Crippen LogP) is 6.37. The number of benzene rings is 3. The summed E-state index contributed by atoms with van der Waals surface area (Å²) in [5, 5.41) is 22.1. The molecule has 0 heterocycles. The van der Waals surface area contributed by atoms with Crippen molar-refractivity contribution >= 4 is 29.3 Å². The minimum Gasteiger partial charge on any atom is -0.489 e. The molecule has 0 spiro atoms. The summed E-state index contributed by atoms with van der Waals surface area (Å²) in [6.45, 7) is 5.91. The van der Waals surface area contributed by atoms with Gasteiger partial charge in [0, 0.05) is 16.3 Å². The minimum absolute atomic E-state index is 0.0436. The molecule has 0 bridgehead atoms. The zero-order valence-electron chi connectivity index (χ0n) is 18.6. The maximum absolute atomic E-state index is 12.6. The van der Waals surface area contributed by atoms with Crippen molar-refractivity contribution in [3.05, 3.63) is 112 Å². The van der Waals surface area contributed by atoms with E-state index < -0.39 is 5.91 Å². The molecule has 0 unspecified atom stereocenters.